The first-order chi connectivity index (χ1) is 16.4. The molecule has 0 fully saturated rings. The van der Waals surface area contributed by atoms with Crippen molar-refractivity contribution in [2.75, 3.05) is 16.2 Å². The maximum atomic E-state index is 13.3. The van der Waals surface area contributed by atoms with Crippen molar-refractivity contribution in [1.29, 1.82) is 0 Å². The molecular weight excluding hydrogens is 472 g/mol. The van der Waals surface area contributed by atoms with Crippen molar-refractivity contribution >= 4 is 38.9 Å². The molecule has 0 atom stereocenters. The number of ether oxygens (including phenoxy) is 1. The van der Waals surface area contributed by atoms with Gasteiger partial charge in [-0.25, -0.2) is 8.42 Å². The van der Waals surface area contributed by atoms with Gasteiger partial charge in [-0.05, 0) is 72.8 Å². The minimum absolute atomic E-state index is 0.0835. The van der Waals surface area contributed by atoms with Gasteiger partial charge in [0.25, 0.3) is 10.0 Å². The molecule has 0 aliphatic carbocycles. The van der Waals surface area contributed by atoms with Gasteiger partial charge in [-0.15, -0.1) is 0 Å². The Morgan fingerprint density at radius 1 is 0.765 bits per heavy atom. The number of carbonyl (C=O) groups excluding carboxylic acids is 1. The van der Waals surface area contributed by atoms with Crippen LogP contribution in [0.1, 0.15) is 0 Å². The molecule has 0 saturated heterocycles. The van der Waals surface area contributed by atoms with Crippen molar-refractivity contribution in [3.05, 3.63) is 114 Å². The summed E-state index contributed by atoms with van der Waals surface area (Å²) in [5.41, 5.74) is 0.841. The van der Waals surface area contributed by atoms with Crippen molar-refractivity contribution in [2.24, 2.45) is 0 Å². The molecule has 0 heterocycles. The summed E-state index contributed by atoms with van der Waals surface area (Å²) in [4.78, 5) is 12.9. The number of benzene rings is 4. The highest BCUT2D eigenvalue weighted by Gasteiger charge is 2.27. The Labute approximate surface area is 203 Å². The molecule has 0 bridgehead atoms. The maximum Gasteiger partial charge on any atom is 0.264 e. The monoisotopic (exact) mass is 492 g/mol. The van der Waals surface area contributed by atoms with Crippen LogP contribution in [0.15, 0.2) is 114 Å². The van der Waals surface area contributed by atoms with Gasteiger partial charge in [-0.2, -0.15) is 0 Å². The SMILES string of the molecule is O=C(CN(c1ccc(Cl)cc1)S(=O)(=O)c1ccccc1)Nc1ccc(Oc2ccccc2)cc1. The summed E-state index contributed by atoms with van der Waals surface area (Å²) in [6.45, 7) is -0.416. The molecule has 4 rings (SSSR count). The van der Waals surface area contributed by atoms with Crippen LogP contribution in [0, 0.1) is 0 Å². The molecule has 0 saturated carbocycles. The second-order valence-electron chi connectivity index (χ2n) is 7.29. The Bertz CT molecular complexity index is 1350. The zero-order valence-electron chi connectivity index (χ0n) is 18.0. The zero-order valence-corrected chi connectivity index (χ0v) is 19.5. The predicted octanol–water partition coefficient (Wildman–Crippen LogP) is 5.97. The van der Waals surface area contributed by atoms with Crippen LogP contribution < -0.4 is 14.4 Å². The number of hydrogen-bond donors (Lipinski definition) is 1. The molecular formula is C26H21ClN2O4S. The fourth-order valence-corrected chi connectivity index (χ4v) is 4.77. The minimum Gasteiger partial charge on any atom is -0.457 e. The highest BCUT2D eigenvalue weighted by molar-refractivity contribution is 7.92. The minimum atomic E-state index is -3.99. The van der Waals surface area contributed by atoms with Gasteiger partial charge in [0.2, 0.25) is 5.91 Å². The van der Waals surface area contributed by atoms with Crippen LogP contribution in [0.2, 0.25) is 5.02 Å². The predicted molar refractivity (Wildman–Crippen MR) is 134 cm³/mol. The first-order valence-corrected chi connectivity index (χ1v) is 12.2. The Balaban J connectivity index is 1.51. The molecule has 0 radical (unpaired) electrons. The number of para-hydroxylation sites is 1. The molecule has 8 heteroatoms. The van der Waals surface area contributed by atoms with Gasteiger partial charge in [0.15, 0.2) is 0 Å². The summed E-state index contributed by atoms with van der Waals surface area (Å²) in [7, 11) is -3.99. The van der Waals surface area contributed by atoms with Crippen LogP contribution in [0.4, 0.5) is 11.4 Å². The summed E-state index contributed by atoms with van der Waals surface area (Å²) in [5, 5.41) is 3.20. The van der Waals surface area contributed by atoms with Gasteiger partial charge in [0, 0.05) is 10.7 Å². The van der Waals surface area contributed by atoms with Crippen LogP contribution >= 0.6 is 11.6 Å². The maximum absolute atomic E-state index is 13.3. The van der Waals surface area contributed by atoms with Gasteiger partial charge < -0.3 is 10.1 Å². The number of anilines is 2. The average molecular weight is 493 g/mol. The van der Waals surface area contributed by atoms with Crippen LogP contribution in [0.5, 0.6) is 11.5 Å². The highest BCUT2D eigenvalue weighted by atomic mass is 35.5. The topological polar surface area (TPSA) is 75.7 Å². The lowest BCUT2D eigenvalue weighted by molar-refractivity contribution is -0.114. The van der Waals surface area contributed by atoms with Crippen molar-refractivity contribution in [3.8, 4) is 11.5 Å². The second kappa shape index (κ2) is 10.4. The quantitative estimate of drug-likeness (QED) is 0.329. The summed E-state index contributed by atoms with van der Waals surface area (Å²) >= 11 is 5.97. The Hall–Kier alpha value is -3.81. The smallest absolute Gasteiger partial charge is 0.264 e. The first-order valence-electron chi connectivity index (χ1n) is 10.4. The van der Waals surface area contributed by atoms with Crippen molar-refractivity contribution in [3.63, 3.8) is 0 Å². The lowest BCUT2D eigenvalue weighted by atomic mass is 10.3. The number of nitrogens with zero attached hydrogens (tertiary/aromatic N) is 1. The fourth-order valence-electron chi connectivity index (χ4n) is 3.20. The normalized spacial score (nSPS) is 11.0. The van der Waals surface area contributed by atoms with Crippen LogP contribution in [-0.2, 0) is 14.8 Å². The molecule has 34 heavy (non-hydrogen) atoms. The third kappa shape index (κ3) is 5.75. The fraction of sp³-hybridized carbons (Fsp3) is 0.0385. The number of nitrogens with one attached hydrogen (secondary N) is 1. The molecule has 0 unspecified atom stereocenters. The van der Waals surface area contributed by atoms with Gasteiger partial charge in [0.1, 0.15) is 18.0 Å². The number of sulfonamides is 1. The summed E-state index contributed by atoms with van der Waals surface area (Å²) in [5.74, 6) is 0.814. The highest BCUT2D eigenvalue weighted by Crippen LogP contribution is 2.26. The van der Waals surface area contributed by atoms with E-state index in [-0.39, 0.29) is 4.90 Å². The molecule has 172 valence electrons. The standard InChI is InChI=1S/C26H21ClN2O4S/c27-20-11-15-22(16-12-20)29(34(31,32)25-9-5-2-6-10-25)19-26(30)28-21-13-17-24(18-14-21)33-23-7-3-1-4-8-23/h1-18H,19H2,(H,28,30). The summed E-state index contributed by atoms with van der Waals surface area (Å²) in [6.07, 6.45) is 0. The molecule has 4 aromatic carbocycles. The van der Waals surface area contributed by atoms with E-state index in [1.807, 2.05) is 30.3 Å². The number of amides is 1. The number of hydrogen-bond acceptors (Lipinski definition) is 4. The Morgan fingerprint density at radius 2 is 1.32 bits per heavy atom. The van der Waals surface area contributed by atoms with Crippen molar-refractivity contribution in [2.45, 2.75) is 4.90 Å². The Morgan fingerprint density at radius 3 is 1.94 bits per heavy atom. The van der Waals surface area contributed by atoms with Gasteiger partial charge in [-0.1, -0.05) is 48.0 Å². The number of carbonyl (C=O) groups is 1. The van der Waals surface area contributed by atoms with E-state index < -0.39 is 22.5 Å². The van der Waals surface area contributed by atoms with Gasteiger partial charge in [0.05, 0.1) is 10.6 Å². The molecule has 4 aromatic rings. The van der Waals surface area contributed by atoms with E-state index in [1.165, 1.54) is 12.1 Å². The van der Waals surface area contributed by atoms with E-state index in [2.05, 4.69) is 5.32 Å². The largest absolute Gasteiger partial charge is 0.457 e. The van der Waals surface area contributed by atoms with E-state index in [0.29, 0.717) is 27.9 Å². The lowest BCUT2D eigenvalue weighted by Gasteiger charge is -2.24. The van der Waals surface area contributed by atoms with Gasteiger partial charge >= 0.3 is 0 Å². The van der Waals surface area contributed by atoms with Crippen LogP contribution in [-0.4, -0.2) is 20.9 Å². The summed E-state index contributed by atoms with van der Waals surface area (Å²) < 4.78 is 33.5. The average Bonchev–Trinajstić information content (AvgIpc) is 2.85. The van der Waals surface area contributed by atoms with Gasteiger partial charge in [-0.3, -0.25) is 9.10 Å². The lowest BCUT2D eigenvalue weighted by Crippen LogP contribution is -2.38. The molecule has 6 nitrogen and oxygen atoms in total. The number of rotatable bonds is 8. The second-order valence-corrected chi connectivity index (χ2v) is 9.59. The van der Waals surface area contributed by atoms with Crippen LogP contribution in [0.3, 0.4) is 0 Å². The molecule has 1 N–H and O–H groups in total. The third-order valence-electron chi connectivity index (χ3n) is 4.85. The van der Waals surface area contributed by atoms with Crippen LogP contribution in [0.25, 0.3) is 0 Å². The van der Waals surface area contributed by atoms with Crippen molar-refractivity contribution in [1.82, 2.24) is 0 Å². The van der Waals surface area contributed by atoms with E-state index in [1.54, 1.807) is 66.7 Å². The van der Waals surface area contributed by atoms with E-state index in [0.717, 1.165) is 4.31 Å². The third-order valence-corrected chi connectivity index (χ3v) is 6.89. The van der Waals surface area contributed by atoms with E-state index in [9.17, 15) is 13.2 Å². The van der Waals surface area contributed by atoms with Crippen molar-refractivity contribution < 1.29 is 17.9 Å². The number of halogens is 1. The zero-order chi connectivity index (χ0) is 24.0. The first kappa shape index (κ1) is 23.4. The molecule has 0 aromatic heterocycles. The van der Waals surface area contributed by atoms with E-state index in [4.69, 9.17) is 16.3 Å². The van der Waals surface area contributed by atoms with E-state index >= 15 is 0 Å². The molecule has 0 aliphatic rings. The molecule has 0 spiro atoms. The molecule has 1 amide bonds. The summed E-state index contributed by atoms with van der Waals surface area (Å²) in [6, 6.07) is 30.4. The molecule has 0 aliphatic heterocycles. The Kier molecular flexibility index (Phi) is 7.15.